The van der Waals surface area contributed by atoms with Gasteiger partial charge in [0.05, 0.1) is 23.8 Å². The number of anilines is 3. The Balaban J connectivity index is 1.29. The average Bonchev–Trinajstić information content (AvgIpc) is 3.08. The molecule has 2 N–H and O–H groups in total. The molecule has 2 saturated heterocycles. The van der Waals surface area contributed by atoms with E-state index in [1.807, 2.05) is 12.1 Å². The summed E-state index contributed by atoms with van der Waals surface area (Å²) in [6.07, 6.45) is 6.51. The Bertz CT molecular complexity index is 1190. The summed E-state index contributed by atoms with van der Waals surface area (Å²) in [5.74, 6) is 2.02. The van der Waals surface area contributed by atoms with Gasteiger partial charge < -0.3 is 15.2 Å². The van der Waals surface area contributed by atoms with Crippen molar-refractivity contribution in [2.75, 3.05) is 42.7 Å². The first-order chi connectivity index (χ1) is 14.4. The lowest BCUT2D eigenvalue weighted by atomic mass is 9.74. The minimum atomic E-state index is -3.10. The molecule has 3 aromatic heterocycles. The number of aromatic nitrogens is 5. The molecule has 0 unspecified atom stereocenters. The van der Waals surface area contributed by atoms with Crippen LogP contribution in [0.15, 0.2) is 24.7 Å². The van der Waals surface area contributed by atoms with Gasteiger partial charge >= 0.3 is 0 Å². The monoisotopic (exact) mass is 428 g/mol. The molecule has 11 heteroatoms. The Labute approximate surface area is 174 Å². The lowest BCUT2D eigenvalue weighted by Crippen LogP contribution is -2.73. The number of imidazole rings is 1. The summed E-state index contributed by atoms with van der Waals surface area (Å²) in [6, 6.07) is 3.74. The molecular formula is C19H24N8O2S. The number of aryl methyl sites for hydroxylation is 1. The van der Waals surface area contributed by atoms with E-state index in [-0.39, 0.29) is 5.41 Å². The molecule has 30 heavy (non-hydrogen) atoms. The van der Waals surface area contributed by atoms with Crippen molar-refractivity contribution in [3.05, 3.63) is 30.4 Å². The maximum Gasteiger partial charge on any atom is 0.227 e. The zero-order valence-electron chi connectivity index (χ0n) is 17.0. The van der Waals surface area contributed by atoms with E-state index in [0.29, 0.717) is 30.7 Å². The number of rotatable bonds is 6. The van der Waals surface area contributed by atoms with Gasteiger partial charge in [0.25, 0.3) is 0 Å². The molecular weight excluding hydrogens is 404 g/mol. The van der Waals surface area contributed by atoms with Gasteiger partial charge in [-0.3, -0.25) is 0 Å². The summed E-state index contributed by atoms with van der Waals surface area (Å²) in [7, 11) is -3.10. The van der Waals surface area contributed by atoms with Crippen molar-refractivity contribution in [2.24, 2.45) is 5.41 Å². The van der Waals surface area contributed by atoms with E-state index < -0.39 is 10.0 Å². The van der Waals surface area contributed by atoms with Crippen LogP contribution in [0.4, 0.5) is 17.6 Å². The van der Waals surface area contributed by atoms with Crippen LogP contribution in [-0.4, -0.2) is 70.1 Å². The number of H-pyrrole nitrogens is 1. The number of nitrogens with zero attached hydrogens (tertiary/aromatic N) is 6. The number of hydrogen-bond acceptors (Lipinski definition) is 8. The molecule has 2 aliphatic rings. The molecule has 0 aliphatic carbocycles. The van der Waals surface area contributed by atoms with Crippen LogP contribution >= 0.6 is 0 Å². The van der Waals surface area contributed by atoms with Crippen molar-refractivity contribution in [3.8, 4) is 0 Å². The second-order valence-corrected chi connectivity index (χ2v) is 10.2. The Hall–Kier alpha value is -2.79. The number of sulfonamides is 1. The number of nitrogens with one attached hydrogen (secondary N) is 2. The maximum absolute atomic E-state index is 11.6. The normalized spacial score (nSPS) is 18.4. The molecule has 2 fully saturated rings. The van der Waals surface area contributed by atoms with Crippen LogP contribution in [0.3, 0.4) is 0 Å². The Morgan fingerprint density at radius 1 is 1.17 bits per heavy atom. The molecule has 3 aromatic rings. The molecule has 0 amide bonds. The first-order valence-electron chi connectivity index (χ1n) is 9.98. The highest BCUT2D eigenvalue weighted by Crippen LogP contribution is 2.42. The van der Waals surface area contributed by atoms with Gasteiger partial charge in [0.1, 0.15) is 17.2 Å². The van der Waals surface area contributed by atoms with Crippen molar-refractivity contribution >= 4 is 38.6 Å². The number of fused-ring (bicyclic) bond motifs is 1. The van der Waals surface area contributed by atoms with Gasteiger partial charge in [-0.25, -0.2) is 27.7 Å². The van der Waals surface area contributed by atoms with Crippen LogP contribution in [0, 0.1) is 5.41 Å². The molecule has 0 atom stereocenters. The van der Waals surface area contributed by atoms with Crippen molar-refractivity contribution in [2.45, 2.75) is 19.8 Å². The van der Waals surface area contributed by atoms with Gasteiger partial charge in [-0.05, 0) is 12.5 Å². The molecule has 158 valence electrons. The Morgan fingerprint density at radius 2 is 1.97 bits per heavy atom. The number of aromatic amines is 1. The van der Waals surface area contributed by atoms with E-state index >= 15 is 0 Å². The minimum absolute atomic E-state index is 0.0398. The minimum Gasteiger partial charge on any atom is -0.344 e. The average molecular weight is 429 g/mol. The van der Waals surface area contributed by atoms with Crippen LogP contribution in [0.25, 0.3) is 11.0 Å². The van der Waals surface area contributed by atoms with E-state index in [1.54, 1.807) is 12.5 Å². The van der Waals surface area contributed by atoms with Gasteiger partial charge in [-0.1, -0.05) is 13.3 Å². The van der Waals surface area contributed by atoms with Crippen LogP contribution in [0.1, 0.15) is 19.0 Å². The van der Waals surface area contributed by atoms with Crippen LogP contribution in [-0.2, 0) is 16.4 Å². The SMILES string of the molecule is CCCc1nc(Nc2ccnc(N3CC4(C3)CN(S(C)(=O)=O)C4)n2)cc2[nH]cnc12. The topological polar surface area (TPSA) is 120 Å². The van der Waals surface area contributed by atoms with E-state index in [9.17, 15) is 8.42 Å². The van der Waals surface area contributed by atoms with Crippen molar-refractivity contribution in [3.63, 3.8) is 0 Å². The Morgan fingerprint density at radius 3 is 2.70 bits per heavy atom. The van der Waals surface area contributed by atoms with Crippen molar-refractivity contribution < 1.29 is 8.42 Å². The van der Waals surface area contributed by atoms with Crippen LogP contribution in [0.2, 0.25) is 0 Å². The summed E-state index contributed by atoms with van der Waals surface area (Å²) in [6.45, 7) is 4.81. The fraction of sp³-hybridized carbons (Fsp3) is 0.474. The van der Waals surface area contributed by atoms with Crippen LogP contribution in [0.5, 0.6) is 0 Å². The van der Waals surface area contributed by atoms with Gasteiger partial charge in [-0.15, -0.1) is 0 Å². The number of hydrogen-bond donors (Lipinski definition) is 2. The molecule has 5 heterocycles. The fourth-order valence-electron chi connectivity index (χ4n) is 4.23. The van der Waals surface area contributed by atoms with E-state index in [0.717, 1.165) is 42.7 Å². The zero-order chi connectivity index (χ0) is 20.9. The molecule has 0 radical (unpaired) electrons. The molecule has 5 rings (SSSR count). The van der Waals surface area contributed by atoms with E-state index in [1.165, 1.54) is 10.6 Å². The Kier molecular flexibility index (Phi) is 4.40. The predicted molar refractivity (Wildman–Crippen MR) is 114 cm³/mol. The lowest BCUT2D eigenvalue weighted by molar-refractivity contribution is 0.0390. The molecule has 0 bridgehead atoms. The standard InChI is InChI=1S/C19H24N8O2S/c1-3-4-13-17-14(21-12-22-17)7-16(23-13)24-15-5-6-20-18(25-15)26-8-19(9-26)10-27(11-19)30(2,28)29/h5-7,12H,3-4,8-11H2,1-2H3,(H,21,22)(H,20,23,24,25). The first-order valence-corrected chi connectivity index (χ1v) is 11.8. The molecule has 10 nitrogen and oxygen atoms in total. The molecule has 0 saturated carbocycles. The van der Waals surface area contributed by atoms with Gasteiger partial charge in [0.15, 0.2) is 0 Å². The summed E-state index contributed by atoms with van der Waals surface area (Å²) in [5.41, 5.74) is 2.84. The van der Waals surface area contributed by atoms with Crippen molar-refractivity contribution in [1.82, 2.24) is 29.2 Å². The van der Waals surface area contributed by atoms with Gasteiger partial charge in [-0.2, -0.15) is 4.98 Å². The zero-order valence-corrected chi connectivity index (χ0v) is 17.8. The lowest BCUT2D eigenvalue weighted by Gasteiger charge is -2.59. The summed E-state index contributed by atoms with van der Waals surface area (Å²) in [4.78, 5) is 23.3. The second kappa shape index (κ2) is 6.88. The molecule has 2 aliphatic heterocycles. The summed E-state index contributed by atoms with van der Waals surface area (Å²) >= 11 is 0. The quantitative estimate of drug-likeness (QED) is 0.606. The highest BCUT2D eigenvalue weighted by atomic mass is 32.2. The smallest absolute Gasteiger partial charge is 0.227 e. The fourth-order valence-corrected chi connectivity index (χ4v) is 5.25. The highest BCUT2D eigenvalue weighted by Gasteiger charge is 2.54. The first kappa shape index (κ1) is 19.2. The summed E-state index contributed by atoms with van der Waals surface area (Å²) in [5, 5.41) is 3.28. The third-order valence-corrected chi connectivity index (χ3v) is 6.89. The van der Waals surface area contributed by atoms with Gasteiger partial charge in [0, 0.05) is 43.9 Å². The maximum atomic E-state index is 11.6. The third-order valence-electron chi connectivity index (χ3n) is 5.69. The molecule has 0 aromatic carbocycles. The van der Waals surface area contributed by atoms with E-state index in [4.69, 9.17) is 4.98 Å². The largest absolute Gasteiger partial charge is 0.344 e. The highest BCUT2D eigenvalue weighted by molar-refractivity contribution is 7.88. The predicted octanol–water partition coefficient (Wildman–Crippen LogP) is 1.53. The van der Waals surface area contributed by atoms with E-state index in [2.05, 4.69) is 37.1 Å². The summed E-state index contributed by atoms with van der Waals surface area (Å²) < 4.78 is 24.7. The van der Waals surface area contributed by atoms with Gasteiger partial charge in [0.2, 0.25) is 16.0 Å². The van der Waals surface area contributed by atoms with Crippen LogP contribution < -0.4 is 10.2 Å². The number of pyridine rings is 1. The molecule has 1 spiro atoms. The second-order valence-electron chi connectivity index (χ2n) is 8.26. The van der Waals surface area contributed by atoms with Crippen molar-refractivity contribution in [1.29, 1.82) is 0 Å². The third kappa shape index (κ3) is 3.37.